The van der Waals surface area contributed by atoms with Crippen LogP contribution < -0.4 is 14.8 Å². The molecule has 0 aliphatic carbocycles. The lowest BCUT2D eigenvalue weighted by molar-refractivity contribution is 0.0939. The maximum Gasteiger partial charge on any atom is 0.251 e. The van der Waals surface area contributed by atoms with Crippen molar-refractivity contribution in [2.24, 2.45) is 0 Å². The Balaban J connectivity index is 2.12. The van der Waals surface area contributed by atoms with Gasteiger partial charge in [0.25, 0.3) is 5.91 Å². The summed E-state index contributed by atoms with van der Waals surface area (Å²) in [5, 5.41) is 2.92. The van der Waals surface area contributed by atoms with Crippen LogP contribution in [0.3, 0.4) is 0 Å². The van der Waals surface area contributed by atoms with Crippen molar-refractivity contribution >= 4 is 15.9 Å². The van der Waals surface area contributed by atoms with Gasteiger partial charge in [-0.25, -0.2) is 13.1 Å². The molecule has 2 N–H and O–H groups in total. The molecule has 0 aliphatic heterocycles. The lowest BCUT2D eigenvalue weighted by Gasteiger charge is -2.18. The fraction of sp³-hybridized carbons (Fsp3) is 0.381. The number of hydrogen-bond donors (Lipinski definition) is 2. The molecule has 2 atom stereocenters. The third-order valence-electron chi connectivity index (χ3n) is 4.40. The normalized spacial score (nSPS) is 13.6. The second kappa shape index (κ2) is 9.87. The van der Waals surface area contributed by atoms with Crippen molar-refractivity contribution < 1.29 is 22.7 Å². The highest BCUT2D eigenvalue weighted by Gasteiger charge is 2.19. The van der Waals surface area contributed by atoms with E-state index in [0.717, 1.165) is 11.1 Å². The number of sulfonamides is 1. The van der Waals surface area contributed by atoms with Crippen molar-refractivity contribution in [2.75, 3.05) is 20.8 Å². The van der Waals surface area contributed by atoms with Crippen molar-refractivity contribution in [2.45, 2.75) is 37.8 Å². The molecule has 158 valence electrons. The summed E-state index contributed by atoms with van der Waals surface area (Å²) in [4.78, 5) is 12.7. The monoisotopic (exact) mass is 420 g/mol. The summed E-state index contributed by atoms with van der Waals surface area (Å²) in [5.41, 5.74) is 2.30. The number of carbonyl (C=O) groups excluding carboxylic acids is 1. The number of rotatable bonds is 9. The number of hydrogen-bond acceptors (Lipinski definition) is 5. The number of aryl methyl sites for hydroxylation is 1. The number of carbonyl (C=O) groups is 1. The first-order chi connectivity index (χ1) is 13.7. The quantitative estimate of drug-likeness (QED) is 0.651. The van der Waals surface area contributed by atoms with E-state index in [4.69, 9.17) is 9.47 Å². The van der Waals surface area contributed by atoms with Crippen LogP contribution in [-0.2, 0) is 14.8 Å². The summed E-state index contributed by atoms with van der Waals surface area (Å²) in [6.07, 6.45) is 0. The molecular formula is C21H28N2O5S. The SMILES string of the molecule is COC[C@@H](C)NS(=O)(=O)c1ccc(C(=O)N[C@H](C)c2cc(C)ccc2OC)cc1. The summed E-state index contributed by atoms with van der Waals surface area (Å²) >= 11 is 0. The summed E-state index contributed by atoms with van der Waals surface area (Å²) in [6.45, 7) is 5.82. The van der Waals surface area contributed by atoms with Gasteiger partial charge in [0, 0.05) is 24.3 Å². The van der Waals surface area contributed by atoms with Crippen molar-refractivity contribution in [3.63, 3.8) is 0 Å². The summed E-state index contributed by atoms with van der Waals surface area (Å²) in [6, 6.07) is 10.9. The van der Waals surface area contributed by atoms with E-state index in [1.165, 1.54) is 31.4 Å². The van der Waals surface area contributed by atoms with E-state index in [1.807, 2.05) is 32.0 Å². The minimum absolute atomic E-state index is 0.0883. The Morgan fingerprint density at radius 1 is 1.07 bits per heavy atom. The van der Waals surface area contributed by atoms with Crippen LogP contribution in [0.25, 0.3) is 0 Å². The fourth-order valence-electron chi connectivity index (χ4n) is 2.95. The van der Waals surface area contributed by atoms with Gasteiger partial charge in [0.05, 0.1) is 24.7 Å². The van der Waals surface area contributed by atoms with Gasteiger partial charge in [-0.05, 0) is 51.1 Å². The number of nitrogens with one attached hydrogen (secondary N) is 2. The highest BCUT2D eigenvalue weighted by atomic mass is 32.2. The lowest BCUT2D eigenvalue weighted by atomic mass is 10.0. The fourth-order valence-corrected chi connectivity index (χ4v) is 4.18. The average Bonchev–Trinajstić information content (AvgIpc) is 2.67. The molecule has 1 amide bonds. The zero-order valence-electron chi connectivity index (χ0n) is 17.4. The van der Waals surface area contributed by atoms with Gasteiger partial charge in [-0.3, -0.25) is 4.79 Å². The molecule has 0 bridgehead atoms. The van der Waals surface area contributed by atoms with Gasteiger partial charge in [-0.2, -0.15) is 0 Å². The molecule has 0 fully saturated rings. The van der Waals surface area contributed by atoms with Crippen LogP contribution >= 0.6 is 0 Å². The van der Waals surface area contributed by atoms with Crippen molar-refractivity contribution in [1.82, 2.24) is 10.0 Å². The summed E-state index contributed by atoms with van der Waals surface area (Å²) in [5.74, 6) is 0.395. The van der Waals surface area contributed by atoms with Crippen LogP contribution in [0, 0.1) is 6.92 Å². The van der Waals surface area contributed by atoms with Gasteiger partial charge in [0.15, 0.2) is 0 Å². The average molecular weight is 421 g/mol. The van der Waals surface area contributed by atoms with Gasteiger partial charge in [0.1, 0.15) is 5.75 Å². The Morgan fingerprint density at radius 3 is 2.31 bits per heavy atom. The zero-order chi connectivity index (χ0) is 21.6. The Bertz CT molecular complexity index is 942. The van der Waals surface area contributed by atoms with Crippen molar-refractivity contribution in [3.8, 4) is 5.75 Å². The molecular weight excluding hydrogens is 392 g/mol. The van der Waals surface area contributed by atoms with E-state index in [2.05, 4.69) is 10.0 Å². The second-order valence-electron chi connectivity index (χ2n) is 6.94. The van der Waals surface area contributed by atoms with E-state index in [-0.39, 0.29) is 29.5 Å². The molecule has 0 spiro atoms. The Hall–Kier alpha value is -2.42. The Kier molecular flexibility index (Phi) is 7.78. The topological polar surface area (TPSA) is 93.7 Å². The molecule has 29 heavy (non-hydrogen) atoms. The maximum absolute atomic E-state index is 12.6. The van der Waals surface area contributed by atoms with E-state index < -0.39 is 10.0 Å². The van der Waals surface area contributed by atoms with Crippen molar-refractivity contribution in [1.29, 1.82) is 0 Å². The van der Waals surface area contributed by atoms with Crippen LogP contribution in [0.4, 0.5) is 0 Å². The minimum atomic E-state index is -3.68. The van der Waals surface area contributed by atoms with Crippen LogP contribution in [0.2, 0.25) is 0 Å². The molecule has 2 rings (SSSR count). The smallest absolute Gasteiger partial charge is 0.251 e. The van der Waals surface area contributed by atoms with E-state index in [1.54, 1.807) is 14.0 Å². The third kappa shape index (κ3) is 6.03. The molecule has 2 aromatic rings. The van der Waals surface area contributed by atoms with Gasteiger partial charge >= 0.3 is 0 Å². The molecule has 0 saturated carbocycles. The molecule has 0 unspecified atom stereocenters. The Labute approximate surface area is 172 Å². The predicted molar refractivity (Wildman–Crippen MR) is 112 cm³/mol. The first-order valence-electron chi connectivity index (χ1n) is 9.24. The van der Waals surface area contributed by atoms with E-state index in [9.17, 15) is 13.2 Å². The predicted octanol–water partition coefficient (Wildman–Crippen LogP) is 2.81. The van der Waals surface area contributed by atoms with Gasteiger partial charge in [-0.15, -0.1) is 0 Å². The summed E-state index contributed by atoms with van der Waals surface area (Å²) < 4.78 is 37.6. The van der Waals surface area contributed by atoms with Gasteiger partial charge in [0.2, 0.25) is 10.0 Å². The van der Waals surface area contributed by atoms with Gasteiger partial charge < -0.3 is 14.8 Å². The van der Waals surface area contributed by atoms with Crippen LogP contribution in [0.5, 0.6) is 5.75 Å². The van der Waals surface area contributed by atoms with Crippen LogP contribution in [0.15, 0.2) is 47.4 Å². The first-order valence-corrected chi connectivity index (χ1v) is 10.7. The molecule has 8 heteroatoms. The van der Waals surface area contributed by atoms with E-state index >= 15 is 0 Å². The maximum atomic E-state index is 12.6. The number of benzene rings is 2. The molecule has 0 aromatic heterocycles. The molecule has 0 radical (unpaired) electrons. The second-order valence-corrected chi connectivity index (χ2v) is 8.66. The standard InChI is InChI=1S/C21H28N2O5S/c1-14-6-11-20(28-5)19(12-14)16(3)22-21(24)17-7-9-18(10-8-17)29(25,26)23-15(2)13-27-4/h6-12,15-16,23H,13H2,1-5H3,(H,22,24)/t15-,16-/m1/s1. The number of amides is 1. The summed E-state index contributed by atoms with van der Waals surface area (Å²) in [7, 11) is -0.590. The van der Waals surface area contributed by atoms with Gasteiger partial charge in [-0.1, -0.05) is 17.7 Å². The lowest BCUT2D eigenvalue weighted by Crippen LogP contribution is -2.35. The zero-order valence-corrected chi connectivity index (χ0v) is 18.2. The minimum Gasteiger partial charge on any atom is -0.496 e. The highest BCUT2D eigenvalue weighted by Crippen LogP contribution is 2.26. The Morgan fingerprint density at radius 2 is 1.72 bits per heavy atom. The molecule has 7 nitrogen and oxygen atoms in total. The molecule has 0 heterocycles. The first kappa shape index (κ1) is 22.9. The number of methoxy groups -OCH3 is 2. The molecule has 2 aromatic carbocycles. The number of ether oxygens (including phenoxy) is 2. The molecule has 0 aliphatic rings. The largest absolute Gasteiger partial charge is 0.496 e. The van der Waals surface area contributed by atoms with Crippen molar-refractivity contribution in [3.05, 3.63) is 59.2 Å². The van der Waals surface area contributed by atoms with Crippen LogP contribution in [-0.4, -0.2) is 41.2 Å². The van der Waals surface area contributed by atoms with E-state index in [0.29, 0.717) is 11.3 Å². The highest BCUT2D eigenvalue weighted by molar-refractivity contribution is 7.89. The third-order valence-corrected chi connectivity index (χ3v) is 6.00. The van der Waals surface area contributed by atoms with Crippen LogP contribution in [0.1, 0.15) is 41.4 Å². The molecule has 0 saturated heterocycles.